The molecule has 2 aromatic rings. The molecule has 0 amide bonds. The predicted molar refractivity (Wildman–Crippen MR) is 64.9 cm³/mol. The normalized spacial score (nSPS) is 10.0. The number of phenolic OH excluding ortho intramolecular Hbond substituents is 1. The first kappa shape index (κ1) is 11.9. The number of hydrogen-bond donors (Lipinski definition) is 2. The van der Waals surface area contributed by atoms with Gasteiger partial charge in [0.25, 0.3) is 0 Å². The number of ketones is 1. The number of rotatable bonds is 3. The third-order valence-corrected chi connectivity index (χ3v) is 2.53. The summed E-state index contributed by atoms with van der Waals surface area (Å²) < 4.78 is 0. The summed E-state index contributed by atoms with van der Waals surface area (Å²) in [5.74, 6) is -1.82. The Balaban J connectivity index is 2.41. The second-order valence-electron chi connectivity index (χ2n) is 3.73. The average Bonchev–Trinajstić information content (AvgIpc) is 2.38. The molecule has 0 bridgehead atoms. The van der Waals surface area contributed by atoms with Gasteiger partial charge in [0, 0.05) is 5.56 Å². The number of aromatic hydroxyl groups is 1. The maximum absolute atomic E-state index is 12.0. The molecule has 18 heavy (non-hydrogen) atoms. The molecule has 4 heteroatoms. The molecular weight excluding hydrogens is 232 g/mol. The largest absolute Gasteiger partial charge is 0.507 e. The molecule has 2 rings (SSSR count). The number of benzene rings is 2. The molecule has 2 aromatic carbocycles. The Morgan fingerprint density at radius 3 is 2.11 bits per heavy atom. The first-order valence-corrected chi connectivity index (χ1v) is 5.25. The second kappa shape index (κ2) is 4.71. The third kappa shape index (κ3) is 2.22. The molecule has 0 spiro atoms. The summed E-state index contributed by atoms with van der Waals surface area (Å²) in [5.41, 5.74) is 0.471. The zero-order valence-electron chi connectivity index (χ0n) is 9.33. The molecule has 0 radical (unpaired) electrons. The fourth-order valence-corrected chi connectivity index (χ4v) is 1.60. The Hall–Kier alpha value is -2.62. The summed E-state index contributed by atoms with van der Waals surface area (Å²) >= 11 is 0. The quantitative estimate of drug-likeness (QED) is 0.810. The van der Waals surface area contributed by atoms with Crippen molar-refractivity contribution in [2.24, 2.45) is 0 Å². The van der Waals surface area contributed by atoms with Gasteiger partial charge < -0.3 is 10.2 Å². The van der Waals surface area contributed by atoms with E-state index in [1.54, 1.807) is 30.3 Å². The van der Waals surface area contributed by atoms with Gasteiger partial charge in [0.05, 0.1) is 11.1 Å². The van der Waals surface area contributed by atoms with Gasteiger partial charge in [-0.05, 0) is 18.2 Å². The van der Waals surface area contributed by atoms with Gasteiger partial charge in [0.1, 0.15) is 5.75 Å². The lowest BCUT2D eigenvalue weighted by Gasteiger charge is -2.04. The smallest absolute Gasteiger partial charge is 0.335 e. The molecule has 0 saturated heterocycles. The Morgan fingerprint density at radius 2 is 1.56 bits per heavy atom. The predicted octanol–water partition coefficient (Wildman–Crippen LogP) is 2.32. The van der Waals surface area contributed by atoms with Crippen LogP contribution < -0.4 is 0 Å². The lowest BCUT2D eigenvalue weighted by Crippen LogP contribution is -2.03. The van der Waals surface area contributed by atoms with Crippen LogP contribution in [0.5, 0.6) is 5.75 Å². The van der Waals surface area contributed by atoms with Crippen molar-refractivity contribution in [1.82, 2.24) is 0 Å². The van der Waals surface area contributed by atoms with Gasteiger partial charge in [0.2, 0.25) is 0 Å². The number of carboxylic acids is 1. The minimum absolute atomic E-state index is 0.0582. The molecular formula is C14H10O4. The van der Waals surface area contributed by atoms with Crippen LogP contribution in [0.1, 0.15) is 26.3 Å². The highest BCUT2D eigenvalue weighted by atomic mass is 16.4. The number of hydrogen-bond acceptors (Lipinski definition) is 3. The number of carboxylic acid groups (broad SMARTS) is 1. The Bertz CT molecular complexity index is 602. The van der Waals surface area contributed by atoms with Crippen molar-refractivity contribution < 1.29 is 19.8 Å². The van der Waals surface area contributed by atoms with Gasteiger partial charge in [-0.2, -0.15) is 0 Å². The first-order chi connectivity index (χ1) is 8.59. The van der Waals surface area contributed by atoms with Crippen LogP contribution in [0.2, 0.25) is 0 Å². The molecule has 2 N–H and O–H groups in total. The maximum Gasteiger partial charge on any atom is 0.335 e. The number of carbonyl (C=O) groups excluding carboxylic acids is 1. The third-order valence-electron chi connectivity index (χ3n) is 2.53. The van der Waals surface area contributed by atoms with E-state index >= 15 is 0 Å². The SMILES string of the molecule is O=C(O)c1ccc(C(=O)c2ccccc2)c(O)c1. The molecule has 90 valence electrons. The summed E-state index contributed by atoms with van der Waals surface area (Å²) in [6, 6.07) is 12.2. The first-order valence-electron chi connectivity index (χ1n) is 5.25. The topological polar surface area (TPSA) is 74.6 Å². The van der Waals surface area contributed by atoms with Gasteiger partial charge in [0.15, 0.2) is 5.78 Å². The summed E-state index contributed by atoms with van der Waals surface area (Å²) in [5, 5.41) is 18.4. The van der Waals surface area contributed by atoms with E-state index in [9.17, 15) is 14.7 Å². The van der Waals surface area contributed by atoms with Crippen LogP contribution in [0.25, 0.3) is 0 Å². The van der Waals surface area contributed by atoms with E-state index in [-0.39, 0.29) is 22.7 Å². The van der Waals surface area contributed by atoms with Crippen molar-refractivity contribution in [2.45, 2.75) is 0 Å². The fourth-order valence-electron chi connectivity index (χ4n) is 1.60. The molecule has 0 aromatic heterocycles. The molecule has 0 fully saturated rings. The van der Waals surface area contributed by atoms with Gasteiger partial charge in [-0.15, -0.1) is 0 Å². The van der Waals surface area contributed by atoms with Crippen LogP contribution in [-0.4, -0.2) is 22.0 Å². The van der Waals surface area contributed by atoms with E-state index in [1.165, 1.54) is 12.1 Å². The Kier molecular flexibility index (Phi) is 3.10. The van der Waals surface area contributed by atoms with Crippen LogP contribution in [0.3, 0.4) is 0 Å². The highest BCUT2D eigenvalue weighted by Crippen LogP contribution is 2.22. The summed E-state index contributed by atoms with van der Waals surface area (Å²) in [4.78, 5) is 22.7. The molecule has 0 atom stereocenters. The zero-order valence-corrected chi connectivity index (χ0v) is 9.33. The number of aromatic carboxylic acids is 1. The lowest BCUT2D eigenvalue weighted by atomic mass is 10.0. The molecule has 0 saturated carbocycles. The van der Waals surface area contributed by atoms with Crippen molar-refractivity contribution in [3.8, 4) is 5.75 Å². The molecule has 0 aliphatic heterocycles. The van der Waals surface area contributed by atoms with E-state index in [1.807, 2.05) is 0 Å². The van der Waals surface area contributed by atoms with Crippen LogP contribution in [0.4, 0.5) is 0 Å². The lowest BCUT2D eigenvalue weighted by molar-refractivity contribution is 0.0696. The van der Waals surface area contributed by atoms with Gasteiger partial charge in [-0.1, -0.05) is 30.3 Å². The summed E-state index contributed by atoms with van der Waals surface area (Å²) in [6.45, 7) is 0. The molecule has 0 aliphatic rings. The van der Waals surface area contributed by atoms with Gasteiger partial charge in [-0.25, -0.2) is 4.79 Å². The summed E-state index contributed by atoms with van der Waals surface area (Å²) in [7, 11) is 0. The van der Waals surface area contributed by atoms with Crippen LogP contribution >= 0.6 is 0 Å². The van der Waals surface area contributed by atoms with Crippen LogP contribution in [0, 0.1) is 0 Å². The van der Waals surface area contributed by atoms with Gasteiger partial charge in [-0.3, -0.25) is 4.79 Å². The maximum atomic E-state index is 12.0. The molecule has 0 unspecified atom stereocenters. The van der Waals surface area contributed by atoms with Crippen molar-refractivity contribution in [2.75, 3.05) is 0 Å². The van der Waals surface area contributed by atoms with Crippen molar-refractivity contribution in [3.63, 3.8) is 0 Å². The standard InChI is InChI=1S/C14H10O4/c15-12-8-10(14(17)18)6-7-11(12)13(16)9-4-2-1-3-5-9/h1-8,15H,(H,17,18). The van der Waals surface area contributed by atoms with E-state index in [0.717, 1.165) is 6.07 Å². The van der Waals surface area contributed by atoms with Crippen molar-refractivity contribution in [1.29, 1.82) is 0 Å². The van der Waals surface area contributed by atoms with Crippen LogP contribution in [0.15, 0.2) is 48.5 Å². The van der Waals surface area contributed by atoms with Gasteiger partial charge >= 0.3 is 5.97 Å². The minimum Gasteiger partial charge on any atom is -0.507 e. The Labute approximate surface area is 103 Å². The monoisotopic (exact) mass is 242 g/mol. The average molecular weight is 242 g/mol. The van der Waals surface area contributed by atoms with E-state index in [0.29, 0.717) is 5.56 Å². The van der Waals surface area contributed by atoms with Crippen molar-refractivity contribution >= 4 is 11.8 Å². The molecule has 0 aliphatic carbocycles. The van der Waals surface area contributed by atoms with E-state index in [4.69, 9.17) is 5.11 Å². The highest BCUT2D eigenvalue weighted by Gasteiger charge is 2.15. The van der Waals surface area contributed by atoms with E-state index < -0.39 is 5.97 Å². The fraction of sp³-hybridized carbons (Fsp3) is 0. The van der Waals surface area contributed by atoms with E-state index in [2.05, 4.69) is 0 Å². The minimum atomic E-state index is -1.15. The second-order valence-corrected chi connectivity index (χ2v) is 3.73. The van der Waals surface area contributed by atoms with Crippen LogP contribution in [-0.2, 0) is 0 Å². The number of carbonyl (C=O) groups is 2. The van der Waals surface area contributed by atoms with Crippen molar-refractivity contribution in [3.05, 3.63) is 65.2 Å². The molecule has 0 heterocycles. The highest BCUT2D eigenvalue weighted by molar-refractivity contribution is 6.11. The molecule has 4 nitrogen and oxygen atoms in total. The number of phenols is 1. The summed E-state index contributed by atoms with van der Waals surface area (Å²) in [6.07, 6.45) is 0. The zero-order chi connectivity index (χ0) is 13.1. The Morgan fingerprint density at radius 1 is 0.889 bits per heavy atom.